The summed E-state index contributed by atoms with van der Waals surface area (Å²) in [5, 5.41) is 12.1. The second kappa shape index (κ2) is 7.26. The van der Waals surface area contributed by atoms with Crippen LogP contribution in [0.4, 0.5) is 0 Å². The van der Waals surface area contributed by atoms with Gasteiger partial charge in [0.2, 0.25) is 0 Å². The molecule has 2 atom stereocenters. The van der Waals surface area contributed by atoms with Gasteiger partial charge in [-0.3, -0.25) is 4.98 Å². The fourth-order valence-electron chi connectivity index (χ4n) is 3.17. The summed E-state index contributed by atoms with van der Waals surface area (Å²) in [5.74, 6) is 0.295. The second-order valence-corrected chi connectivity index (χ2v) is 6.52. The molecule has 4 heteroatoms. The van der Waals surface area contributed by atoms with E-state index in [1.807, 2.05) is 54.6 Å². The number of pyridine rings is 1. The van der Waals surface area contributed by atoms with Crippen molar-refractivity contribution in [3.05, 3.63) is 94.8 Å². The maximum Gasteiger partial charge on any atom is 0.122 e. The molecule has 2 aromatic carbocycles. The summed E-state index contributed by atoms with van der Waals surface area (Å²) in [4.78, 5) is 4.50. The van der Waals surface area contributed by atoms with Gasteiger partial charge in [-0.05, 0) is 42.8 Å². The van der Waals surface area contributed by atoms with Crippen molar-refractivity contribution in [3.8, 4) is 5.75 Å². The summed E-state index contributed by atoms with van der Waals surface area (Å²) >= 11 is 6.15. The highest BCUT2D eigenvalue weighted by atomic mass is 35.5. The maximum atomic E-state index is 11.5. The van der Waals surface area contributed by atoms with Crippen molar-refractivity contribution in [3.63, 3.8) is 0 Å². The van der Waals surface area contributed by atoms with E-state index in [9.17, 15) is 5.11 Å². The Balaban J connectivity index is 2.21. The summed E-state index contributed by atoms with van der Waals surface area (Å²) in [6, 6.07) is 20.7. The predicted molar refractivity (Wildman–Crippen MR) is 100 cm³/mol. The molecule has 0 radical (unpaired) electrons. The van der Waals surface area contributed by atoms with Crippen molar-refractivity contribution in [1.29, 1.82) is 0 Å². The van der Waals surface area contributed by atoms with Gasteiger partial charge in [0.1, 0.15) is 5.75 Å². The van der Waals surface area contributed by atoms with Crippen molar-refractivity contribution in [2.45, 2.75) is 18.4 Å². The molecule has 0 unspecified atom stereocenters. The predicted octanol–water partition coefficient (Wildman–Crippen LogP) is 4.78. The van der Waals surface area contributed by atoms with Gasteiger partial charge in [-0.1, -0.05) is 48.0 Å². The van der Waals surface area contributed by atoms with E-state index in [0.29, 0.717) is 10.8 Å². The highest BCUT2D eigenvalue weighted by Gasteiger charge is 2.38. The van der Waals surface area contributed by atoms with Crippen LogP contribution >= 0.6 is 11.6 Å². The topological polar surface area (TPSA) is 42.4 Å². The third-order valence-corrected chi connectivity index (χ3v) is 4.64. The van der Waals surface area contributed by atoms with Gasteiger partial charge in [0.15, 0.2) is 0 Å². The molecule has 0 saturated carbocycles. The van der Waals surface area contributed by atoms with Crippen molar-refractivity contribution < 1.29 is 9.84 Å². The lowest BCUT2D eigenvalue weighted by atomic mass is 9.76. The van der Waals surface area contributed by atoms with Crippen LogP contribution in [0.2, 0.25) is 5.02 Å². The Kier molecular flexibility index (Phi) is 5.07. The zero-order valence-electron chi connectivity index (χ0n) is 14.2. The fraction of sp³-hybridized carbons (Fsp3) is 0.190. The molecule has 0 aliphatic heterocycles. The average Bonchev–Trinajstić information content (AvgIpc) is 2.63. The number of nitrogens with zero attached hydrogens (tertiary/aromatic N) is 1. The first kappa shape index (κ1) is 17.5. The molecular formula is C21H20ClNO2. The van der Waals surface area contributed by atoms with Crippen LogP contribution in [-0.2, 0) is 5.60 Å². The molecule has 3 nitrogen and oxygen atoms in total. The van der Waals surface area contributed by atoms with Crippen molar-refractivity contribution in [1.82, 2.24) is 4.98 Å². The Morgan fingerprint density at radius 3 is 2.48 bits per heavy atom. The maximum absolute atomic E-state index is 11.5. The molecule has 1 aromatic heterocycles. The van der Waals surface area contributed by atoms with Crippen LogP contribution in [-0.4, -0.2) is 17.2 Å². The Bertz CT molecular complexity index is 849. The number of methoxy groups -OCH3 is 1. The third-order valence-electron chi connectivity index (χ3n) is 4.40. The highest BCUT2D eigenvalue weighted by molar-refractivity contribution is 6.30. The number of hydrogen-bond acceptors (Lipinski definition) is 3. The van der Waals surface area contributed by atoms with Crippen LogP contribution in [0, 0.1) is 0 Å². The normalized spacial score (nSPS) is 14.6. The monoisotopic (exact) mass is 353 g/mol. The molecule has 0 saturated heterocycles. The van der Waals surface area contributed by atoms with Crippen molar-refractivity contribution in [2.75, 3.05) is 7.11 Å². The Morgan fingerprint density at radius 1 is 1.04 bits per heavy atom. The molecule has 1 heterocycles. The highest BCUT2D eigenvalue weighted by Crippen LogP contribution is 2.44. The summed E-state index contributed by atoms with van der Waals surface area (Å²) in [5.41, 5.74) is 1.13. The molecule has 3 aromatic rings. The third kappa shape index (κ3) is 3.53. The minimum absolute atomic E-state index is 0.414. The van der Waals surface area contributed by atoms with Gasteiger partial charge >= 0.3 is 0 Å². The molecule has 0 bridgehead atoms. The largest absolute Gasteiger partial charge is 0.496 e. The summed E-state index contributed by atoms with van der Waals surface area (Å²) < 4.78 is 5.54. The quantitative estimate of drug-likeness (QED) is 0.717. The first-order valence-corrected chi connectivity index (χ1v) is 8.44. The molecule has 1 N–H and O–H groups in total. The molecule has 0 aliphatic rings. The van der Waals surface area contributed by atoms with E-state index in [2.05, 4.69) is 4.98 Å². The lowest BCUT2D eigenvalue weighted by Crippen LogP contribution is -2.32. The molecule has 0 amide bonds. The summed E-state index contributed by atoms with van der Waals surface area (Å²) in [7, 11) is 1.63. The SMILES string of the molecule is COc1ccccc1[C@@H](c1ccccn1)[C@](C)(O)c1cccc(Cl)c1. The average molecular weight is 354 g/mol. The lowest BCUT2D eigenvalue weighted by Gasteiger charge is -2.34. The summed E-state index contributed by atoms with van der Waals surface area (Å²) in [6.45, 7) is 1.78. The standard InChI is InChI=1S/C21H20ClNO2/c1-21(24,15-8-7-9-16(22)14-15)20(18-11-5-6-13-23-18)17-10-3-4-12-19(17)25-2/h3-14,20,24H,1-2H3/t20-,21+/m0/s1. The molecule has 3 rings (SSSR count). The Hall–Kier alpha value is -2.36. The van der Waals surface area contributed by atoms with Crippen LogP contribution in [0.25, 0.3) is 0 Å². The van der Waals surface area contributed by atoms with E-state index < -0.39 is 11.5 Å². The number of ether oxygens (including phenoxy) is 1. The number of rotatable bonds is 5. The molecule has 0 fully saturated rings. The van der Waals surface area contributed by atoms with E-state index in [-0.39, 0.29) is 0 Å². The van der Waals surface area contributed by atoms with E-state index in [4.69, 9.17) is 16.3 Å². The zero-order chi connectivity index (χ0) is 17.9. The van der Waals surface area contributed by atoms with E-state index >= 15 is 0 Å². The minimum atomic E-state index is -1.23. The number of aromatic nitrogens is 1. The molecular weight excluding hydrogens is 334 g/mol. The number of halogens is 1. The van der Waals surface area contributed by atoms with Crippen molar-refractivity contribution in [2.24, 2.45) is 0 Å². The summed E-state index contributed by atoms with van der Waals surface area (Å²) in [6.07, 6.45) is 1.73. The van der Waals surface area contributed by atoms with Gasteiger partial charge in [0.05, 0.1) is 24.3 Å². The number of hydrogen-bond donors (Lipinski definition) is 1. The Morgan fingerprint density at radius 2 is 1.80 bits per heavy atom. The zero-order valence-corrected chi connectivity index (χ0v) is 14.9. The smallest absolute Gasteiger partial charge is 0.122 e. The number of benzene rings is 2. The van der Waals surface area contributed by atoms with Gasteiger partial charge in [0, 0.05) is 16.8 Å². The first-order chi connectivity index (χ1) is 12.0. The van der Waals surface area contributed by atoms with Crippen molar-refractivity contribution >= 4 is 11.6 Å². The van der Waals surface area contributed by atoms with Crippen LogP contribution in [0.3, 0.4) is 0 Å². The number of para-hydroxylation sites is 1. The molecule has 0 spiro atoms. The minimum Gasteiger partial charge on any atom is -0.496 e. The van der Waals surface area contributed by atoms with Gasteiger partial charge in [-0.2, -0.15) is 0 Å². The molecule has 0 aliphatic carbocycles. The van der Waals surface area contributed by atoms with Crippen LogP contribution in [0.15, 0.2) is 72.9 Å². The second-order valence-electron chi connectivity index (χ2n) is 6.09. The lowest BCUT2D eigenvalue weighted by molar-refractivity contribution is 0.0373. The van der Waals surface area contributed by atoms with Crippen LogP contribution < -0.4 is 4.74 Å². The Labute approximate surface area is 152 Å². The van der Waals surface area contributed by atoms with Gasteiger partial charge in [-0.15, -0.1) is 0 Å². The molecule has 25 heavy (non-hydrogen) atoms. The van der Waals surface area contributed by atoms with E-state index in [1.165, 1.54) is 0 Å². The van der Waals surface area contributed by atoms with Crippen LogP contribution in [0.1, 0.15) is 29.7 Å². The fourth-order valence-corrected chi connectivity index (χ4v) is 3.36. The molecule has 128 valence electrons. The van der Waals surface area contributed by atoms with Gasteiger partial charge in [0.25, 0.3) is 0 Å². The van der Waals surface area contributed by atoms with Gasteiger partial charge in [-0.25, -0.2) is 0 Å². The first-order valence-electron chi connectivity index (χ1n) is 8.06. The number of aliphatic hydroxyl groups is 1. The van der Waals surface area contributed by atoms with E-state index in [0.717, 1.165) is 16.8 Å². The van der Waals surface area contributed by atoms with Gasteiger partial charge < -0.3 is 9.84 Å². The van der Waals surface area contributed by atoms with Crippen LogP contribution in [0.5, 0.6) is 5.75 Å². The van der Waals surface area contributed by atoms with E-state index in [1.54, 1.807) is 32.4 Å².